The molecule has 2 N–H and O–H groups in total. The third-order valence-corrected chi connectivity index (χ3v) is 4.03. The minimum Gasteiger partial charge on any atom is -0.357 e. The van der Waals surface area contributed by atoms with Crippen molar-refractivity contribution < 1.29 is 4.79 Å². The van der Waals surface area contributed by atoms with Gasteiger partial charge in [0.05, 0.1) is 6.33 Å². The molecule has 100 valence electrons. The second-order valence-corrected chi connectivity index (χ2v) is 5.29. The highest BCUT2D eigenvalue weighted by atomic mass is 16.2. The summed E-state index contributed by atoms with van der Waals surface area (Å²) in [6, 6.07) is -0.209. The van der Waals surface area contributed by atoms with Gasteiger partial charge in [0.2, 0.25) is 5.91 Å². The number of amides is 1. The third-order valence-electron chi connectivity index (χ3n) is 4.03. The van der Waals surface area contributed by atoms with Crippen molar-refractivity contribution in [1.82, 2.24) is 20.2 Å². The fourth-order valence-corrected chi connectivity index (χ4v) is 2.65. The highest BCUT2D eigenvalue weighted by Crippen LogP contribution is 2.33. The molecule has 0 saturated carbocycles. The van der Waals surface area contributed by atoms with Crippen LogP contribution in [0.4, 0.5) is 0 Å². The van der Waals surface area contributed by atoms with Crippen molar-refractivity contribution >= 4 is 5.91 Å². The van der Waals surface area contributed by atoms with Crippen LogP contribution in [0.15, 0.2) is 12.5 Å². The molecular weight excluding hydrogens is 228 g/mol. The summed E-state index contributed by atoms with van der Waals surface area (Å²) < 4.78 is 2.00. The predicted octanol–water partition coefficient (Wildman–Crippen LogP) is 0.831. The highest BCUT2D eigenvalue weighted by molar-refractivity contribution is 5.79. The van der Waals surface area contributed by atoms with Crippen LogP contribution in [-0.4, -0.2) is 35.6 Å². The van der Waals surface area contributed by atoms with Crippen molar-refractivity contribution in [2.24, 2.45) is 0 Å². The van der Waals surface area contributed by atoms with Crippen molar-refractivity contribution in [1.29, 1.82) is 0 Å². The van der Waals surface area contributed by atoms with E-state index in [1.807, 2.05) is 17.7 Å². The molecule has 0 spiro atoms. The first-order valence-corrected chi connectivity index (χ1v) is 6.53. The number of nitrogens with one attached hydrogen (secondary N) is 2. The largest absolute Gasteiger partial charge is 0.357 e. The molecule has 1 atom stereocenters. The van der Waals surface area contributed by atoms with Gasteiger partial charge in [0.25, 0.3) is 0 Å². The van der Waals surface area contributed by atoms with E-state index in [4.69, 9.17) is 0 Å². The lowest BCUT2D eigenvalue weighted by Gasteiger charge is -2.35. The number of carbonyl (C=O) groups excluding carboxylic acids is 1. The molecular formula is C13H22N4O. The zero-order valence-electron chi connectivity index (χ0n) is 11.4. The third kappa shape index (κ3) is 2.27. The van der Waals surface area contributed by atoms with Gasteiger partial charge in [-0.1, -0.05) is 6.92 Å². The van der Waals surface area contributed by atoms with E-state index in [-0.39, 0.29) is 17.4 Å². The Balaban J connectivity index is 2.29. The number of aromatic nitrogens is 2. The number of nitrogens with zero attached hydrogens (tertiary/aromatic N) is 2. The molecule has 0 bridgehead atoms. The normalized spacial score (nSPS) is 20.4. The SMILES string of the molecule is CNC(=O)C(C)n1cncc1C1(C)CCNCC1. The van der Waals surface area contributed by atoms with Crippen molar-refractivity contribution in [2.75, 3.05) is 20.1 Å². The molecule has 2 rings (SSSR count). The number of carbonyl (C=O) groups is 1. The lowest BCUT2D eigenvalue weighted by Crippen LogP contribution is -2.40. The first-order chi connectivity index (χ1) is 8.58. The van der Waals surface area contributed by atoms with E-state index in [2.05, 4.69) is 22.5 Å². The highest BCUT2D eigenvalue weighted by Gasteiger charge is 2.33. The molecule has 1 fully saturated rings. The molecule has 1 aromatic rings. The molecule has 0 radical (unpaired) electrons. The molecule has 5 heteroatoms. The summed E-state index contributed by atoms with van der Waals surface area (Å²) in [5.41, 5.74) is 1.28. The number of likely N-dealkylation sites (N-methyl/N-ethyl adjacent to an activating group) is 1. The summed E-state index contributed by atoms with van der Waals surface area (Å²) in [6.07, 6.45) is 5.84. The molecule has 0 aromatic carbocycles. The summed E-state index contributed by atoms with van der Waals surface area (Å²) in [5, 5.41) is 6.07. The average Bonchev–Trinajstić information content (AvgIpc) is 2.87. The molecule has 1 aliphatic rings. The first kappa shape index (κ1) is 13.1. The summed E-state index contributed by atoms with van der Waals surface area (Å²) in [5.74, 6) is 0.0202. The molecule has 1 saturated heterocycles. The summed E-state index contributed by atoms with van der Waals surface area (Å²) in [4.78, 5) is 16.0. The van der Waals surface area contributed by atoms with Gasteiger partial charge in [-0.05, 0) is 32.9 Å². The Morgan fingerprint density at radius 2 is 2.22 bits per heavy atom. The molecule has 5 nitrogen and oxygen atoms in total. The van der Waals surface area contributed by atoms with Crippen LogP contribution in [0.3, 0.4) is 0 Å². The summed E-state index contributed by atoms with van der Waals surface area (Å²) in [6.45, 7) is 6.22. The Morgan fingerprint density at radius 1 is 1.56 bits per heavy atom. The van der Waals surface area contributed by atoms with Gasteiger partial charge in [0.15, 0.2) is 0 Å². The van der Waals surface area contributed by atoms with E-state index in [0.29, 0.717) is 0 Å². The van der Waals surface area contributed by atoms with Crippen LogP contribution in [0, 0.1) is 0 Å². The van der Waals surface area contributed by atoms with Gasteiger partial charge >= 0.3 is 0 Å². The number of hydrogen-bond donors (Lipinski definition) is 2. The Morgan fingerprint density at radius 3 is 2.83 bits per heavy atom. The molecule has 1 unspecified atom stereocenters. The van der Waals surface area contributed by atoms with Crippen molar-refractivity contribution in [3.05, 3.63) is 18.2 Å². The number of rotatable bonds is 3. The van der Waals surface area contributed by atoms with E-state index in [9.17, 15) is 4.79 Å². The van der Waals surface area contributed by atoms with Crippen LogP contribution in [0.2, 0.25) is 0 Å². The maximum Gasteiger partial charge on any atom is 0.242 e. The van der Waals surface area contributed by atoms with Crippen LogP contribution >= 0.6 is 0 Å². The van der Waals surface area contributed by atoms with Crippen molar-refractivity contribution in [3.63, 3.8) is 0 Å². The standard InChI is InChI=1S/C13H22N4O/c1-10(12(18)14-3)17-9-16-8-11(17)13(2)4-6-15-7-5-13/h8-10,15H,4-7H2,1-3H3,(H,14,18). The topological polar surface area (TPSA) is 59.0 Å². The van der Waals surface area contributed by atoms with E-state index >= 15 is 0 Å². The van der Waals surface area contributed by atoms with Crippen LogP contribution in [0.25, 0.3) is 0 Å². The number of hydrogen-bond acceptors (Lipinski definition) is 3. The predicted molar refractivity (Wildman–Crippen MR) is 70.5 cm³/mol. The number of piperidine rings is 1. The minimum atomic E-state index is -0.209. The quantitative estimate of drug-likeness (QED) is 0.835. The monoisotopic (exact) mass is 250 g/mol. The Bertz CT molecular complexity index is 420. The smallest absolute Gasteiger partial charge is 0.242 e. The van der Waals surface area contributed by atoms with Crippen molar-refractivity contribution in [3.8, 4) is 0 Å². The average molecular weight is 250 g/mol. The summed E-state index contributed by atoms with van der Waals surface area (Å²) in [7, 11) is 1.67. The second-order valence-electron chi connectivity index (χ2n) is 5.29. The Kier molecular flexibility index (Phi) is 3.71. The van der Waals surface area contributed by atoms with Crippen LogP contribution in [-0.2, 0) is 10.2 Å². The fourth-order valence-electron chi connectivity index (χ4n) is 2.65. The van der Waals surface area contributed by atoms with E-state index < -0.39 is 0 Å². The van der Waals surface area contributed by atoms with Crippen LogP contribution in [0.5, 0.6) is 0 Å². The van der Waals surface area contributed by atoms with Gasteiger partial charge in [-0.3, -0.25) is 4.79 Å². The van der Waals surface area contributed by atoms with Crippen LogP contribution < -0.4 is 10.6 Å². The van der Waals surface area contributed by atoms with E-state index in [1.165, 1.54) is 5.69 Å². The lowest BCUT2D eigenvalue weighted by atomic mass is 9.78. The van der Waals surface area contributed by atoms with Gasteiger partial charge in [0.1, 0.15) is 6.04 Å². The molecule has 1 amide bonds. The first-order valence-electron chi connectivity index (χ1n) is 6.53. The number of imidazole rings is 1. The maximum atomic E-state index is 11.8. The molecule has 1 aliphatic heterocycles. The van der Waals surface area contributed by atoms with Gasteiger partial charge < -0.3 is 15.2 Å². The molecule has 1 aromatic heterocycles. The van der Waals surface area contributed by atoms with E-state index in [1.54, 1.807) is 13.4 Å². The Labute approximate surface area is 108 Å². The lowest BCUT2D eigenvalue weighted by molar-refractivity contribution is -0.123. The minimum absolute atomic E-state index is 0.0202. The zero-order chi connectivity index (χ0) is 13.2. The molecule has 0 aliphatic carbocycles. The van der Waals surface area contributed by atoms with Gasteiger partial charge in [-0.25, -0.2) is 4.98 Å². The fraction of sp³-hybridized carbons (Fsp3) is 0.692. The van der Waals surface area contributed by atoms with Crippen LogP contribution in [0.1, 0.15) is 38.4 Å². The maximum absolute atomic E-state index is 11.8. The summed E-state index contributed by atoms with van der Waals surface area (Å²) >= 11 is 0. The zero-order valence-corrected chi connectivity index (χ0v) is 11.4. The van der Waals surface area contributed by atoms with E-state index in [0.717, 1.165) is 25.9 Å². The Hall–Kier alpha value is -1.36. The molecule has 2 heterocycles. The second kappa shape index (κ2) is 5.10. The van der Waals surface area contributed by atoms with Gasteiger partial charge in [0, 0.05) is 24.4 Å². The molecule has 18 heavy (non-hydrogen) atoms. The van der Waals surface area contributed by atoms with Gasteiger partial charge in [-0.2, -0.15) is 0 Å². The van der Waals surface area contributed by atoms with Crippen molar-refractivity contribution in [2.45, 2.75) is 38.1 Å². The van der Waals surface area contributed by atoms with Gasteiger partial charge in [-0.15, -0.1) is 0 Å².